The highest BCUT2D eigenvalue weighted by molar-refractivity contribution is 5.99. The molecule has 4 aliphatic carbocycles. The molecule has 0 atom stereocenters. The lowest BCUT2D eigenvalue weighted by Gasteiger charge is -2.33. The van der Waals surface area contributed by atoms with Gasteiger partial charge >= 0.3 is 0 Å². The highest BCUT2D eigenvalue weighted by Crippen LogP contribution is 2.65. The first kappa shape index (κ1) is 36.6. The Morgan fingerprint density at radius 1 is 0.419 bits per heavy atom. The second kappa shape index (κ2) is 13.6. The van der Waals surface area contributed by atoms with E-state index in [4.69, 9.17) is 0 Å². The molecule has 0 aromatic heterocycles. The van der Waals surface area contributed by atoms with E-state index in [1.165, 1.54) is 100 Å². The Morgan fingerprint density at radius 3 is 1.76 bits per heavy atom. The molecule has 0 saturated carbocycles. The lowest BCUT2D eigenvalue weighted by molar-refractivity contribution is 0.654. The summed E-state index contributed by atoms with van der Waals surface area (Å²) in [5.41, 5.74) is 26.6. The molecule has 0 N–H and O–H groups in total. The first-order valence-corrected chi connectivity index (χ1v) is 22.1. The first-order chi connectivity index (χ1) is 30.3. The molecule has 296 valence electrons. The van der Waals surface area contributed by atoms with E-state index in [-0.39, 0.29) is 5.41 Å². The maximum Gasteiger partial charge on any atom is 0.0731 e. The van der Waals surface area contributed by atoms with Crippen molar-refractivity contribution < 1.29 is 0 Å². The molecule has 1 nitrogen and oxygen atoms in total. The Hall–Kier alpha value is -7.22. The average Bonchev–Trinajstić information content (AvgIpc) is 3.71. The van der Waals surface area contributed by atoms with Crippen LogP contribution in [0.5, 0.6) is 0 Å². The molecule has 4 aliphatic rings. The Balaban J connectivity index is 1.05. The van der Waals surface area contributed by atoms with Gasteiger partial charge in [-0.15, -0.1) is 0 Å². The normalized spacial score (nSPS) is 15.4. The minimum atomic E-state index is -0.432. The molecule has 1 spiro atoms. The SMILES string of the molecule is Cc1ccc2c(c1)C1(c3cc(C)ccc3-2)c2ccccc2-c2cccc(-c3ccc(N(c4ccc5c(c4)C(C)(C)C4=C5C=CCC=C4)c4ccccc4-c4ccccc4)cc3)c21. The summed E-state index contributed by atoms with van der Waals surface area (Å²) in [7, 11) is 0. The predicted octanol–water partition coefficient (Wildman–Crippen LogP) is 16.0. The van der Waals surface area contributed by atoms with Gasteiger partial charge in [0.25, 0.3) is 0 Å². The van der Waals surface area contributed by atoms with E-state index in [2.05, 4.69) is 233 Å². The zero-order valence-electron chi connectivity index (χ0n) is 35.7. The third-order valence-electron chi connectivity index (χ3n) is 14.2. The van der Waals surface area contributed by atoms with E-state index in [9.17, 15) is 0 Å². The number of allylic oxidation sites excluding steroid dienone is 6. The number of nitrogens with zero attached hydrogens (tertiary/aromatic N) is 1. The number of para-hydroxylation sites is 1. The van der Waals surface area contributed by atoms with Crippen LogP contribution < -0.4 is 4.90 Å². The highest BCUT2D eigenvalue weighted by atomic mass is 15.1. The second-order valence-electron chi connectivity index (χ2n) is 18.1. The van der Waals surface area contributed by atoms with Crippen LogP contribution in [0, 0.1) is 13.8 Å². The average molecular weight is 794 g/mol. The monoisotopic (exact) mass is 793 g/mol. The standard InChI is InChI=1S/C61H47N/c1-39-26-33-50-51-34-27-40(2)37-57(51)61(56(50)36-39)54-24-13-11-20-48(54)52-22-15-21-46(59(52)61)42-28-30-43(31-29-42)62(58-25-14-12-18-45(58)41-16-7-5-8-17-41)44-32-35-49-47-19-9-6-10-23-53(47)60(3,4)55(49)38-44/h5,7-38H,6H2,1-4H3. The van der Waals surface area contributed by atoms with Crippen molar-refractivity contribution in [3.63, 3.8) is 0 Å². The van der Waals surface area contributed by atoms with Crippen molar-refractivity contribution in [3.8, 4) is 44.5 Å². The quantitative estimate of drug-likeness (QED) is 0.168. The summed E-state index contributed by atoms with van der Waals surface area (Å²) in [4.78, 5) is 2.47. The van der Waals surface area contributed by atoms with Crippen molar-refractivity contribution in [3.05, 3.63) is 250 Å². The molecule has 0 fully saturated rings. The summed E-state index contributed by atoms with van der Waals surface area (Å²) < 4.78 is 0. The first-order valence-electron chi connectivity index (χ1n) is 22.1. The molecule has 0 heterocycles. The molecule has 0 bridgehead atoms. The van der Waals surface area contributed by atoms with E-state index in [0.717, 1.165) is 23.5 Å². The Bertz CT molecular complexity index is 3190. The van der Waals surface area contributed by atoms with Gasteiger partial charge in [-0.3, -0.25) is 0 Å². The molecular weight excluding hydrogens is 747 g/mol. The maximum absolute atomic E-state index is 2.47. The molecular formula is C61H47N. The molecule has 12 rings (SSSR count). The van der Waals surface area contributed by atoms with Gasteiger partial charge in [-0.25, -0.2) is 0 Å². The highest BCUT2D eigenvalue weighted by Gasteiger charge is 2.53. The van der Waals surface area contributed by atoms with Crippen molar-refractivity contribution >= 4 is 22.6 Å². The summed E-state index contributed by atoms with van der Waals surface area (Å²) >= 11 is 0. The van der Waals surface area contributed by atoms with Crippen molar-refractivity contribution in [2.45, 2.75) is 44.9 Å². The van der Waals surface area contributed by atoms with Crippen LogP contribution in [0.1, 0.15) is 64.8 Å². The smallest absolute Gasteiger partial charge is 0.0731 e. The van der Waals surface area contributed by atoms with Crippen LogP contribution in [0.4, 0.5) is 17.1 Å². The summed E-state index contributed by atoms with van der Waals surface area (Å²) in [5, 5.41) is 0. The number of fused-ring (bicyclic) bond motifs is 12. The Morgan fingerprint density at radius 2 is 1.00 bits per heavy atom. The third-order valence-corrected chi connectivity index (χ3v) is 14.2. The van der Waals surface area contributed by atoms with Crippen molar-refractivity contribution in [1.82, 2.24) is 0 Å². The number of anilines is 3. The van der Waals surface area contributed by atoms with E-state index < -0.39 is 5.41 Å². The summed E-state index contributed by atoms with van der Waals surface area (Å²) in [6.45, 7) is 9.23. The molecule has 0 aliphatic heterocycles. The van der Waals surface area contributed by atoms with Gasteiger partial charge in [0.15, 0.2) is 0 Å². The van der Waals surface area contributed by atoms with Gasteiger partial charge in [-0.2, -0.15) is 0 Å². The molecule has 8 aromatic carbocycles. The van der Waals surface area contributed by atoms with Crippen molar-refractivity contribution in [2.75, 3.05) is 4.90 Å². The number of rotatable bonds is 5. The van der Waals surface area contributed by atoms with Gasteiger partial charge in [0, 0.05) is 22.4 Å². The van der Waals surface area contributed by atoms with E-state index in [0.29, 0.717) is 0 Å². The molecule has 0 unspecified atom stereocenters. The Labute approximate surface area is 365 Å². The molecule has 62 heavy (non-hydrogen) atoms. The number of aryl methyl sites for hydroxylation is 2. The molecule has 8 aromatic rings. The summed E-state index contributed by atoms with van der Waals surface area (Å²) in [6.07, 6.45) is 10.2. The Kier molecular flexibility index (Phi) is 8.06. The molecule has 0 saturated heterocycles. The van der Waals surface area contributed by atoms with Crippen LogP contribution in [0.2, 0.25) is 0 Å². The van der Waals surface area contributed by atoms with E-state index >= 15 is 0 Å². The number of benzene rings is 8. The van der Waals surface area contributed by atoms with Gasteiger partial charge in [0.2, 0.25) is 0 Å². The van der Waals surface area contributed by atoms with Crippen molar-refractivity contribution in [1.29, 1.82) is 0 Å². The minimum Gasteiger partial charge on any atom is -0.310 e. The largest absolute Gasteiger partial charge is 0.310 e. The van der Waals surface area contributed by atoms with Crippen molar-refractivity contribution in [2.24, 2.45) is 0 Å². The van der Waals surface area contributed by atoms with Gasteiger partial charge in [-0.1, -0.05) is 195 Å². The van der Waals surface area contributed by atoms with Gasteiger partial charge < -0.3 is 4.90 Å². The molecule has 0 radical (unpaired) electrons. The maximum atomic E-state index is 2.47. The number of hydrogen-bond donors (Lipinski definition) is 0. The van der Waals surface area contributed by atoms with E-state index in [1.54, 1.807) is 0 Å². The van der Waals surface area contributed by atoms with Crippen LogP contribution in [0.25, 0.3) is 50.1 Å². The fourth-order valence-corrected chi connectivity index (χ4v) is 11.4. The number of hydrogen-bond acceptors (Lipinski definition) is 1. The fourth-order valence-electron chi connectivity index (χ4n) is 11.4. The zero-order valence-corrected chi connectivity index (χ0v) is 35.7. The van der Waals surface area contributed by atoms with Crippen LogP contribution in [-0.4, -0.2) is 0 Å². The lowest BCUT2D eigenvalue weighted by Crippen LogP contribution is -2.27. The minimum absolute atomic E-state index is 0.129. The van der Waals surface area contributed by atoms with Crippen LogP contribution >= 0.6 is 0 Å². The zero-order chi connectivity index (χ0) is 41.7. The molecule has 1 heteroatoms. The van der Waals surface area contributed by atoms with Gasteiger partial charge in [-0.05, 0) is 134 Å². The van der Waals surface area contributed by atoms with Gasteiger partial charge in [0.1, 0.15) is 0 Å². The van der Waals surface area contributed by atoms with Crippen LogP contribution in [-0.2, 0) is 10.8 Å². The third kappa shape index (κ3) is 5.15. The summed E-state index contributed by atoms with van der Waals surface area (Å²) in [5.74, 6) is 0. The molecule has 0 amide bonds. The van der Waals surface area contributed by atoms with Gasteiger partial charge in [0.05, 0.1) is 11.1 Å². The topological polar surface area (TPSA) is 3.24 Å². The van der Waals surface area contributed by atoms with Crippen LogP contribution in [0.15, 0.2) is 206 Å². The van der Waals surface area contributed by atoms with Crippen LogP contribution in [0.3, 0.4) is 0 Å². The lowest BCUT2D eigenvalue weighted by atomic mass is 9.68. The fraction of sp³-hybridized carbons (Fsp3) is 0.115. The van der Waals surface area contributed by atoms with E-state index in [1.807, 2.05) is 0 Å². The predicted molar refractivity (Wildman–Crippen MR) is 261 cm³/mol. The second-order valence-corrected chi connectivity index (χ2v) is 18.1. The summed E-state index contributed by atoms with van der Waals surface area (Å²) in [6, 6.07) is 66.5.